The number of nitrogens with one attached hydrogen (secondary N) is 1. The molecule has 1 fully saturated rings. The molecule has 3 rings (SSSR count). The summed E-state index contributed by atoms with van der Waals surface area (Å²) >= 11 is 0. The zero-order chi connectivity index (χ0) is 20.3. The van der Waals surface area contributed by atoms with Gasteiger partial charge in [0, 0.05) is 7.05 Å². The Morgan fingerprint density at radius 3 is 2.36 bits per heavy atom. The summed E-state index contributed by atoms with van der Waals surface area (Å²) in [4.78, 5) is 24.8. The van der Waals surface area contributed by atoms with Gasteiger partial charge in [0.15, 0.2) is 6.10 Å². The quantitative estimate of drug-likeness (QED) is 0.783. The van der Waals surface area contributed by atoms with Crippen LogP contribution in [0.4, 0.5) is 5.69 Å². The lowest BCUT2D eigenvalue weighted by atomic mass is 9.84. The van der Waals surface area contributed by atoms with Crippen LogP contribution in [-0.2, 0) is 16.6 Å². The molecule has 150 valence electrons. The Labute approximate surface area is 166 Å². The second kappa shape index (κ2) is 8.59. The fraction of sp³-hybridized carbons (Fsp3) is 0.500. The third-order valence-corrected chi connectivity index (χ3v) is 5.63. The number of hydrogen-bond acceptors (Lipinski definition) is 4. The summed E-state index contributed by atoms with van der Waals surface area (Å²) in [7, 11) is 1.82. The van der Waals surface area contributed by atoms with Crippen LogP contribution in [0.5, 0.6) is 0 Å². The average Bonchev–Trinajstić information content (AvgIpc) is 2.94. The van der Waals surface area contributed by atoms with E-state index in [9.17, 15) is 9.59 Å². The summed E-state index contributed by atoms with van der Waals surface area (Å²) in [6.07, 6.45) is 5.40. The summed E-state index contributed by atoms with van der Waals surface area (Å²) in [5.41, 5.74) is 3.98. The van der Waals surface area contributed by atoms with Crippen LogP contribution in [0, 0.1) is 13.8 Å². The molecule has 0 bridgehead atoms. The molecule has 1 atom stereocenters. The zero-order valence-corrected chi connectivity index (χ0v) is 17.1. The number of carbonyl (C=O) groups is 2. The summed E-state index contributed by atoms with van der Waals surface area (Å²) in [6, 6.07) is 7.62. The van der Waals surface area contributed by atoms with E-state index in [1.165, 1.54) is 37.7 Å². The van der Waals surface area contributed by atoms with E-state index in [-0.39, 0.29) is 5.91 Å². The van der Waals surface area contributed by atoms with Crippen molar-refractivity contribution in [3.8, 4) is 0 Å². The molecule has 28 heavy (non-hydrogen) atoms. The summed E-state index contributed by atoms with van der Waals surface area (Å²) in [5.74, 6) is -0.265. The molecule has 1 saturated carbocycles. The first kappa shape index (κ1) is 20.1. The second-order valence-electron chi connectivity index (χ2n) is 7.66. The molecule has 1 N–H and O–H groups in total. The first-order valence-corrected chi connectivity index (χ1v) is 9.99. The highest BCUT2D eigenvalue weighted by Crippen LogP contribution is 2.32. The molecular weight excluding hydrogens is 354 g/mol. The van der Waals surface area contributed by atoms with Crippen molar-refractivity contribution in [3.63, 3.8) is 0 Å². The van der Waals surface area contributed by atoms with Gasteiger partial charge in [-0.3, -0.25) is 9.48 Å². The van der Waals surface area contributed by atoms with Crippen molar-refractivity contribution in [3.05, 3.63) is 46.8 Å². The van der Waals surface area contributed by atoms with Gasteiger partial charge in [-0.05, 0) is 57.2 Å². The van der Waals surface area contributed by atoms with E-state index in [1.54, 1.807) is 23.7 Å². The van der Waals surface area contributed by atoms with Gasteiger partial charge in [-0.1, -0.05) is 31.4 Å². The molecule has 1 aliphatic rings. The third kappa shape index (κ3) is 4.43. The molecule has 0 saturated heterocycles. The maximum Gasteiger partial charge on any atom is 0.338 e. The lowest BCUT2D eigenvalue weighted by Gasteiger charge is -2.22. The Morgan fingerprint density at radius 1 is 1.14 bits per heavy atom. The Hall–Kier alpha value is -2.63. The van der Waals surface area contributed by atoms with E-state index in [2.05, 4.69) is 10.4 Å². The Balaban J connectivity index is 1.59. The molecule has 6 heteroatoms. The number of esters is 1. The van der Waals surface area contributed by atoms with Crippen LogP contribution in [0.1, 0.15) is 72.3 Å². The minimum absolute atomic E-state index is 0.369. The number of carbonyl (C=O) groups excluding carboxylic acids is 2. The molecule has 1 aromatic heterocycles. The molecule has 0 aliphatic heterocycles. The van der Waals surface area contributed by atoms with Crippen LogP contribution < -0.4 is 5.32 Å². The van der Waals surface area contributed by atoms with Crippen LogP contribution in [0.15, 0.2) is 24.3 Å². The largest absolute Gasteiger partial charge is 0.449 e. The molecular formula is C22H29N3O3. The van der Waals surface area contributed by atoms with Gasteiger partial charge >= 0.3 is 5.97 Å². The molecule has 2 aromatic rings. The standard InChI is InChI=1S/C22H29N3O3/c1-14-20(15(2)25(4)24-14)23-21(26)16(3)28-22(27)19-12-10-18(11-13-19)17-8-6-5-7-9-17/h10-13,16-17H,5-9H2,1-4H3,(H,23,26)/t16-/m1/s1. The monoisotopic (exact) mass is 383 g/mol. The number of rotatable bonds is 5. The van der Waals surface area contributed by atoms with Gasteiger partial charge in [-0.25, -0.2) is 4.79 Å². The van der Waals surface area contributed by atoms with Gasteiger partial charge in [0.25, 0.3) is 5.91 Å². The Morgan fingerprint density at radius 2 is 1.79 bits per heavy atom. The Kier molecular flexibility index (Phi) is 6.17. The minimum Gasteiger partial charge on any atom is -0.449 e. The predicted octanol–water partition coefficient (Wildman–Crippen LogP) is 4.27. The van der Waals surface area contributed by atoms with Gasteiger partial charge in [-0.2, -0.15) is 5.10 Å². The molecule has 0 unspecified atom stereocenters. The van der Waals surface area contributed by atoms with Gasteiger partial charge in [-0.15, -0.1) is 0 Å². The SMILES string of the molecule is Cc1nn(C)c(C)c1NC(=O)[C@@H](C)OC(=O)c1ccc(C2CCCCC2)cc1. The van der Waals surface area contributed by atoms with Crippen LogP contribution in [-0.4, -0.2) is 27.8 Å². The number of hydrogen-bond donors (Lipinski definition) is 1. The van der Waals surface area contributed by atoms with Crippen molar-refractivity contribution in [1.82, 2.24) is 9.78 Å². The number of nitrogens with zero attached hydrogens (tertiary/aromatic N) is 2. The molecule has 0 spiro atoms. The molecule has 1 amide bonds. The van der Waals surface area contributed by atoms with Crippen molar-refractivity contribution < 1.29 is 14.3 Å². The van der Waals surface area contributed by atoms with Crippen LogP contribution >= 0.6 is 0 Å². The number of aromatic nitrogens is 2. The van der Waals surface area contributed by atoms with E-state index < -0.39 is 12.1 Å². The average molecular weight is 383 g/mol. The predicted molar refractivity (Wildman–Crippen MR) is 108 cm³/mol. The molecule has 6 nitrogen and oxygen atoms in total. The van der Waals surface area contributed by atoms with E-state index >= 15 is 0 Å². The first-order chi connectivity index (χ1) is 13.4. The van der Waals surface area contributed by atoms with Crippen molar-refractivity contribution in [2.24, 2.45) is 7.05 Å². The number of ether oxygens (including phenoxy) is 1. The smallest absolute Gasteiger partial charge is 0.338 e. The van der Waals surface area contributed by atoms with Gasteiger partial charge in [0.05, 0.1) is 22.6 Å². The van der Waals surface area contributed by atoms with Gasteiger partial charge < -0.3 is 10.1 Å². The van der Waals surface area contributed by atoms with Crippen LogP contribution in [0.3, 0.4) is 0 Å². The van der Waals surface area contributed by atoms with E-state index in [0.29, 0.717) is 17.2 Å². The van der Waals surface area contributed by atoms with Crippen LogP contribution in [0.25, 0.3) is 0 Å². The minimum atomic E-state index is -0.899. The number of anilines is 1. The van der Waals surface area contributed by atoms with Crippen molar-refractivity contribution in [2.75, 3.05) is 5.32 Å². The lowest BCUT2D eigenvalue weighted by molar-refractivity contribution is -0.123. The number of amides is 1. The first-order valence-electron chi connectivity index (χ1n) is 9.99. The highest BCUT2D eigenvalue weighted by atomic mass is 16.5. The second-order valence-corrected chi connectivity index (χ2v) is 7.66. The summed E-state index contributed by atoms with van der Waals surface area (Å²) in [5, 5.41) is 7.08. The van der Waals surface area contributed by atoms with E-state index in [1.807, 2.05) is 33.0 Å². The molecule has 0 radical (unpaired) electrons. The van der Waals surface area contributed by atoms with Crippen LogP contribution in [0.2, 0.25) is 0 Å². The third-order valence-electron chi connectivity index (χ3n) is 5.63. The van der Waals surface area contributed by atoms with E-state index in [4.69, 9.17) is 4.74 Å². The van der Waals surface area contributed by atoms with E-state index in [0.717, 1.165) is 11.4 Å². The van der Waals surface area contributed by atoms with Crippen molar-refractivity contribution >= 4 is 17.6 Å². The molecule has 1 aromatic carbocycles. The highest BCUT2D eigenvalue weighted by molar-refractivity contribution is 5.98. The summed E-state index contributed by atoms with van der Waals surface area (Å²) in [6.45, 7) is 5.28. The lowest BCUT2D eigenvalue weighted by Crippen LogP contribution is -2.30. The Bertz CT molecular complexity index is 849. The summed E-state index contributed by atoms with van der Waals surface area (Å²) < 4.78 is 7.07. The molecule has 1 heterocycles. The molecule has 1 aliphatic carbocycles. The van der Waals surface area contributed by atoms with Crippen molar-refractivity contribution in [1.29, 1.82) is 0 Å². The maximum absolute atomic E-state index is 12.4. The topological polar surface area (TPSA) is 73.2 Å². The fourth-order valence-electron chi connectivity index (χ4n) is 3.79. The fourth-order valence-corrected chi connectivity index (χ4v) is 3.79. The van der Waals surface area contributed by atoms with Gasteiger partial charge in [0.1, 0.15) is 0 Å². The highest BCUT2D eigenvalue weighted by Gasteiger charge is 2.22. The number of aryl methyl sites for hydroxylation is 2. The maximum atomic E-state index is 12.4. The number of benzene rings is 1. The zero-order valence-electron chi connectivity index (χ0n) is 17.1. The normalized spacial score (nSPS) is 15.9. The van der Waals surface area contributed by atoms with Crippen molar-refractivity contribution in [2.45, 2.75) is 64.9 Å². The van der Waals surface area contributed by atoms with Gasteiger partial charge in [0.2, 0.25) is 0 Å².